The van der Waals surface area contributed by atoms with Crippen molar-refractivity contribution < 1.29 is 0 Å². The second-order valence-electron chi connectivity index (χ2n) is 6.91. The van der Waals surface area contributed by atoms with Crippen LogP contribution in [0.2, 0.25) is 0 Å². The summed E-state index contributed by atoms with van der Waals surface area (Å²) in [6.45, 7) is 4.95. The van der Waals surface area contributed by atoms with Crippen LogP contribution in [0, 0.1) is 6.92 Å². The molecule has 6 nitrogen and oxygen atoms in total. The zero-order valence-corrected chi connectivity index (χ0v) is 17.2. The van der Waals surface area contributed by atoms with E-state index in [9.17, 15) is 9.59 Å². The highest BCUT2D eigenvalue weighted by molar-refractivity contribution is 7.98. The zero-order chi connectivity index (χ0) is 19.6. The summed E-state index contributed by atoms with van der Waals surface area (Å²) in [5.74, 6) is 0.769. The van der Waals surface area contributed by atoms with Crippen molar-refractivity contribution in [2.24, 2.45) is 14.1 Å². The number of aromatic nitrogens is 4. The summed E-state index contributed by atoms with van der Waals surface area (Å²) < 4.78 is 4.61. The van der Waals surface area contributed by atoms with Crippen LogP contribution in [0.5, 0.6) is 0 Å². The van der Waals surface area contributed by atoms with Gasteiger partial charge in [0.05, 0.1) is 0 Å². The van der Waals surface area contributed by atoms with Crippen molar-refractivity contribution in [3.63, 3.8) is 0 Å². The highest BCUT2D eigenvalue weighted by atomic mass is 32.2. The van der Waals surface area contributed by atoms with Crippen molar-refractivity contribution in [2.45, 2.75) is 50.6 Å². The standard InChI is InChI=1S/C20H26N4O2S/c1-5-6-7-12-24-16-17(22(3)20(26)23(4)18(16)25)21-19(24)27-13-15-10-8-14(2)9-11-15/h8-11H,5-7,12-13H2,1-4H3. The predicted octanol–water partition coefficient (Wildman–Crippen LogP) is 3.22. The van der Waals surface area contributed by atoms with Gasteiger partial charge in [-0.1, -0.05) is 61.4 Å². The number of nitrogens with zero attached hydrogens (tertiary/aromatic N) is 4. The lowest BCUT2D eigenvalue weighted by atomic mass is 10.2. The Hall–Kier alpha value is -2.28. The van der Waals surface area contributed by atoms with Gasteiger partial charge in [-0.3, -0.25) is 13.9 Å². The first-order valence-corrected chi connectivity index (χ1v) is 10.3. The molecule has 0 atom stereocenters. The van der Waals surface area contributed by atoms with Crippen LogP contribution in [0.4, 0.5) is 0 Å². The summed E-state index contributed by atoms with van der Waals surface area (Å²) in [7, 11) is 3.19. The molecule has 0 amide bonds. The average Bonchev–Trinajstić information content (AvgIpc) is 3.03. The lowest BCUT2D eigenvalue weighted by Crippen LogP contribution is -2.37. The molecule has 0 aliphatic rings. The summed E-state index contributed by atoms with van der Waals surface area (Å²) in [5.41, 5.74) is 2.79. The van der Waals surface area contributed by atoms with Crippen LogP contribution < -0.4 is 11.2 Å². The lowest BCUT2D eigenvalue weighted by molar-refractivity contribution is 0.576. The van der Waals surface area contributed by atoms with Gasteiger partial charge in [-0.25, -0.2) is 9.78 Å². The quantitative estimate of drug-likeness (QED) is 0.462. The molecule has 2 heterocycles. The summed E-state index contributed by atoms with van der Waals surface area (Å²) in [5, 5.41) is 0.792. The second-order valence-corrected chi connectivity index (χ2v) is 7.85. The van der Waals surface area contributed by atoms with Crippen LogP contribution in [0.3, 0.4) is 0 Å². The van der Waals surface area contributed by atoms with Gasteiger partial charge in [0, 0.05) is 26.4 Å². The van der Waals surface area contributed by atoms with Crippen molar-refractivity contribution in [3.05, 3.63) is 56.2 Å². The van der Waals surface area contributed by atoms with Gasteiger partial charge in [0.25, 0.3) is 5.56 Å². The van der Waals surface area contributed by atoms with Gasteiger partial charge in [0.1, 0.15) is 0 Å². The Bertz CT molecular complexity index is 1060. The van der Waals surface area contributed by atoms with Gasteiger partial charge in [-0.15, -0.1) is 0 Å². The molecule has 1 aromatic carbocycles. The van der Waals surface area contributed by atoms with Crippen molar-refractivity contribution >= 4 is 22.9 Å². The minimum atomic E-state index is -0.346. The van der Waals surface area contributed by atoms with E-state index in [1.165, 1.54) is 22.7 Å². The number of fused-ring (bicyclic) bond motifs is 1. The number of rotatable bonds is 7. The van der Waals surface area contributed by atoms with Crippen LogP contribution in [-0.4, -0.2) is 18.7 Å². The maximum Gasteiger partial charge on any atom is 0.332 e. The molecule has 0 N–H and O–H groups in total. The Morgan fingerprint density at radius 1 is 1.04 bits per heavy atom. The average molecular weight is 387 g/mol. The number of thioether (sulfide) groups is 1. The van der Waals surface area contributed by atoms with Crippen molar-refractivity contribution in [3.8, 4) is 0 Å². The van der Waals surface area contributed by atoms with E-state index in [1.54, 1.807) is 18.8 Å². The van der Waals surface area contributed by atoms with Gasteiger partial charge in [0.2, 0.25) is 0 Å². The number of imidazole rings is 1. The molecule has 0 radical (unpaired) electrons. The highest BCUT2D eigenvalue weighted by Gasteiger charge is 2.19. The van der Waals surface area contributed by atoms with E-state index in [0.717, 1.165) is 41.3 Å². The number of aryl methyl sites for hydroxylation is 3. The fraction of sp³-hybridized carbons (Fsp3) is 0.450. The van der Waals surface area contributed by atoms with Crippen LogP contribution in [0.1, 0.15) is 37.3 Å². The third-order valence-electron chi connectivity index (χ3n) is 4.79. The SMILES string of the molecule is CCCCCn1c(SCc2ccc(C)cc2)nc2c1c(=O)n(C)c(=O)n2C. The van der Waals surface area contributed by atoms with Gasteiger partial charge in [-0.05, 0) is 18.9 Å². The molecule has 3 rings (SSSR count). The molecule has 0 unspecified atom stereocenters. The largest absolute Gasteiger partial charge is 0.332 e. The maximum atomic E-state index is 12.8. The minimum Gasteiger partial charge on any atom is -0.313 e. The topological polar surface area (TPSA) is 61.8 Å². The first kappa shape index (κ1) is 19.5. The van der Waals surface area contributed by atoms with E-state index >= 15 is 0 Å². The van der Waals surface area contributed by atoms with Crippen LogP contribution in [0.15, 0.2) is 39.0 Å². The third-order valence-corrected chi connectivity index (χ3v) is 5.83. The van der Waals surface area contributed by atoms with Crippen molar-refractivity contribution in [1.29, 1.82) is 0 Å². The van der Waals surface area contributed by atoms with Gasteiger partial charge < -0.3 is 4.57 Å². The van der Waals surface area contributed by atoms with E-state index in [2.05, 4.69) is 43.1 Å². The molecule has 0 spiro atoms. The van der Waals surface area contributed by atoms with Crippen LogP contribution >= 0.6 is 11.8 Å². The zero-order valence-electron chi connectivity index (χ0n) is 16.4. The summed E-state index contributed by atoms with van der Waals surface area (Å²) >= 11 is 1.61. The van der Waals surface area contributed by atoms with Gasteiger partial charge >= 0.3 is 5.69 Å². The van der Waals surface area contributed by atoms with E-state index in [1.807, 2.05) is 4.57 Å². The van der Waals surface area contributed by atoms with E-state index in [4.69, 9.17) is 0 Å². The Labute approximate surface area is 162 Å². The summed E-state index contributed by atoms with van der Waals surface area (Å²) in [6, 6.07) is 8.42. The molecule has 27 heavy (non-hydrogen) atoms. The Morgan fingerprint density at radius 2 is 1.74 bits per heavy atom. The molecule has 0 aliphatic heterocycles. The Kier molecular flexibility index (Phi) is 5.89. The first-order valence-electron chi connectivity index (χ1n) is 9.28. The fourth-order valence-corrected chi connectivity index (χ4v) is 4.07. The molecule has 144 valence electrons. The fourth-order valence-electron chi connectivity index (χ4n) is 3.10. The Balaban J connectivity index is 2.04. The minimum absolute atomic E-state index is 0.278. The second kappa shape index (κ2) is 8.17. The highest BCUT2D eigenvalue weighted by Crippen LogP contribution is 2.25. The van der Waals surface area contributed by atoms with Crippen molar-refractivity contribution in [1.82, 2.24) is 18.7 Å². The summed E-state index contributed by atoms with van der Waals surface area (Å²) in [4.78, 5) is 29.7. The molecule has 0 saturated carbocycles. The summed E-state index contributed by atoms with van der Waals surface area (Å²) in [6.07, 6.45) is 3.18. The van der Waals surface area contributed by atoms with Gasteiger partial charge in [0.15, 0.2) is 16.3 Å². The third kappa shape index (κ3) is 3.88. The smallest absolute Gasteiger partial charge is 0.313 e. The molecule has 7 heteroatoms. The molecule has 2 aromatic heterocycles. The molecule has 0 fully saturated rings. The molecule has 0 saturated heterocycles. The lowest BCUT2D eigenvalue weighted by Gasteiger charge is -2.09. The van der Waals surface area contributed by atoms with E-state index < -0.39 is 0 Å². The number of hydrogen-bond donors (Lipinski definition) is 0. The molecule has 3 aromatic rings. The molecular formula is C20H26N4O2S. The van der Waals surface area contributed by atoms with E-state index in [-0.39, 0.29) is 11.2 Å². The number of hydrogen-bond acceptors (Lipinski definition) is 4. The van der Waals surface area contributed by atoms with Gasteiger partial charge in [-0.2, -0.15) is 0 Å². The van der Waals surface area contributed by atoms with E-state index in [0.29, 0.717) is 11.2 Å². The van der Waals surface area contributed by atoms with Crippen LogP contribution in [-0.2, 0) is 26.4 Å². The maximum absolute atomic E-state index is 12.8. The Morgan fingerprint density at radius 3 is 2.41 bits per heavy atom. The predicted molar refractivity (Wildman–Crippen MR) is 110 cm³/mol. The molecule has 0 aliphatic carbocycles. The monoisotopic (exact) mass is 386 g/mol. The van der Waals surface area contributed by atoms with Crippen molar-refractivity contribution in [2.75, 3.05) is 0 Å². The molecule has 0 bridgehead atoms. The first-order chi connectivity index (χ1) is 12.9. The molecular weight excluding hydrogens is 360 g/mol. The van der Waals surface area contributed by atoms with Crippen LogP contribution in [0.25, 0.3) is 11.2 Å². The number of unbranched alkanes of at least 4 members (excludes halogenated alkanes) is 2. The normalized spacial score (nSPS) is 11.4. The number of benzene rings is 1.